The van der Waals surface area contributed by atoms with E-state index >= 15 is 0 Å². The van der Waals surface area contributed by atoms with Gasteiger partial charge in [0.25, 0.3) is 0 Å². The van der Waals surface area contributed by atoms with E-state index in [1.807, 2.05) is 20.8 Å². The molecule has 0 bridgehead atoms. The maximum atomic E-state index is 11.1. The number of amides is 1. The minimum absolute atomic E-state index is 0.0105. The first-order chi connectivity index (χ1) is 7.24. The lowest BCUT2D eigenvalue weighted by atomic mass is 9.94. The number of hydrogen-bond donors (Lipinski definition) is 2. The monoisotopic (exact) mass is 225 g/mol. The average molecular weight is 225 g/mol. The van der Waals surface area contributed by atoms with Gasteiger partial charge in [-0.1, -0.05) is 0 Å². The molecular formula is C10H19N5O. The van der Waals surface area contributed by atoms with Crippen LogP contribution in [0.1, 0.15) is 38.0 Å². The number of hydrogen-bond acceptors (Lipinski definition) is 4. The summed E-state index contributed by atoms with van der Waals surface area (Å²) in [6, 6.07) is -0.0105. The van der Waals surface area contributed by atoms with Gasteiger partial charge in [0, 0.05) is 0 Å². The maximum absolute atomic E-state index is 11.1. The van der Waals surface area contributed by atoms with Gasteiger partial charge >= 0.3 is 0 Å². The molecule has 0 aliphatic heterocycles. The molecule has 2 unspecified atom stereocenters. The quantitative estimate of drug-likeness (QED) is 0.756. The van der Waals surface area contributed by atoms with Crippen molar-refractivity contribution in [3.63, 3.8) is 0 Å². The summed E-state index contributed by atoms with van der Waals surface area (Å²) in [5.41, 5.74) is 10.0. The molecule has 4 N–H and O–H groups in total. The molecule has 6 heteroatoms. The fraction of sp³-hybridized carbons (Fsp3) is 0.700. The van der Waals surface area contributed by atoms with E-state index in [0.29, 0.717) is 12.2 Å². The highest BCUT2D eigenvalue weighted by molar-refractivity contribution is 5.83. The van der Waals surface area contributed by atoms with Crippen molar-refractivity contribution in [1.29, 1.82) is 0 Å². The Kier molecular flexibility index (Phi) is 3.32. The van der Waals surface area contributed by atoms with E-state index in [2.05, 4.69) is 10.1 Å². The lowest BCUT2D eigenvalue weighted by molar-refractivity contribution is -0.123. The first kappa shape index (κ1) is 12.6. The maximum Gasteiger partial charge on any atom is 0.237 e. The summed E-state index contributed by atoms with van der Waals surface area (Å²) in [4.78, 5) is 15.3. The first-order valence-electron chi connectivity index (χ1n) is 5.22. The molecule has 0 aromatic carbocycles. The van der Waals surface area contributed by atoms with Crippen LogP contribution in [0.2, 0.25) is 0 Å². The third-order valence-corrected chi connectivity index (χ3v) is 2.61. The highest BCUT2D eigenvalue weighted by atomic mass is 16.1. The third kappa shape index (κ3) is 2.57. The highest BCUT2D eigenvalue weighted by Gasteiger charge is 2.29. The van der Waals surface area contributed by atoms with E-state index in [0.717, 1.165) is 5.82 Å². The van der Waals surface area contributed by atoms with Crippen molar-refractivity contribution in [3.05, 3.63) is 11.6 Å². The predicted molar refractivity (Wildman–Crippen MR) is 60.6 cm³/mol. The smallest absolute Gasteiger partial charge is 0.237 e. The van der Waals surface area contributed by atoms with Crippen LogP contribution in [0, 0.1) is 13.8 Å². The molecule has 0 spiro atoms. The van der Waals surface area contributed by atoms with Gasteiger partial charge in [-0.05, 0) is 34.1 Å². The van der Waals surface area contributed by atoms with E-state index < -0.39 is 11.4 Å². The number of primary amides is 1. The van der Waals surface area contributed by atoms with Crippen LogP contribution in [0.5, 0.6) is 0 Å². The summed E-state index contributed by atoms with van der Waals surface area (Å²) >= 11 is 0. The van der Waals surface area contributed by atoms with E-state index in [1.54, 1.807) is 11.6 Å². The fourth-order valence-electron chi connectivity index (χ4n) is 1.75. The summed E-state index contributed by atoms with van der Waals surface area (Å²) in [5.74, 6) is 1.02. The van der Waals surface area contributed by atoms with Crippen molar-refractivity contribution in [3.8, 4) is 0 Å². The Morgan fingerprint density at radius 3 is 2.50 bits per heavy atom. The Morgan fingerprint density at radius 1 is 1.56 bits per heavy atom. The highest BCUT2D eigenvalue weighted by Crippen LogP contribution is 2.19. The molecule has 1 rings (SSSR count). The number of aromatic nitrogens is 3. The number of aryl methyl sites for hydroxylation is 2. The van der Waals surface area contributed by atoms with Gasteiger partial charge in [-0.25, -0.2) is 9.67 Å². The van der Waals surface area contributed by atoms with E-state index in [4.69, 9.17) is 11.5 Å². The van der Waals surface area contributed by atoms with Gasteiger partial charge in [-0.3, -0.25) is 4.79 Å². The summed E-state index contributed by atoms with van der Waals surface area (Å²) in [6.45, 7) is 7.26. The second-order valence-electron chi connectivity index (χ2n) is 4.49. The van der Waals surface area contributed by atoms with Crippen molar-refractivity contribution in [2.24, 2.45) is 11.5 Å². The van der Waals surface area contributed by atoms with Gasteiger partial charge in [-0.15, -0.1) is 0 Å². The lowest BCUT2D eigenvalue weighted by Gasteiger charge is -2.24. The van der Waals surface area contributed by atoms with Gasteiger partial charge in [0.15, 0.2) is 0 Å². The van der Waals surface area contributed by atoms with Crippen LogP contribution in [0.25, 0.3) is 0 Å². The number of rotatable bonds is 4. The zero-order valence-corrected chi connectivity index (χ0v) is 10.2. The Labute approximate surface area is 95.0 Å². The molecule has 0 saturated heterocycles. The molecule has 16 heavy (non-hydrogen) atoms. The summed E-state index contributed by atoms with van der Waals surface area (Å²) < 4.78 is 1.77. The molecule has 1 aromatic rings. The van der Waals surface area contributed by atoms with Crippen LogP contribution < -0.4 is 11.5 Å². The van der Waals surface area contributed by atoms with E-state index in [9.17, 15) is 4.79 Å². The molecule has 0 aliphatic carbocycles. The van der Waals surface area contributed by atoms with Crippen molar-refractivity contribution < 1.29 is 4.79 Å². The molecular weight excluding hydrogens is 206 g/mol. The number of nitrogens with zero attached hydrogens (tertiary/aromatic N) is 3. The van der Waals surface area contributed by atoms with Crippen LogP contribution >= 0.6 is 0 Å². The normalized spacial score (nSPS) is 16.8. The molecule has 2 atom stereocenters. The van der Waals surface area contributed by atoms with Crippen molar-refractivity contribution in [2.45, 2.75) is 45.7 Å². The molecule has 0 saturated carbocycles. The Bertz CT molecular complexity index is 396. The third-order valence-electron chi connectivity index (χ3n) is 2.61. The van der Waals surface area contributed by atoms with Crippen LogP contribution in [0.4, 0.5) is 0 Å². The van der Waals surface area contributed by atoms with Crippen molar-refractivity contribution in [1.82, 2.24) is 14.8 Å². The standard InChI is InChI=1S/C10H19N5O/c1-6(5-10(4,12)9(11)16)15-8(3)13-7(2)14-15/h6H,5,12H2,1-4H3,(H2,11,16). The first-order valence-corrected chi connectivity index (χ1v) is 5.22. The predicted octanol–water partition coefficient (Wildman–Crippen LogP) is 0.0487. The molecule has 0 fully saturated rings. The Morgan fingerprint density at radius 2 is 2.12 bits per heavy atom. The molecule has 0 aliphatic rings. The van der Waals surface area contributed by atoms with E-state index in [1.165, 1.54) is 0 Å². The van der Waals surface area contributed by atoms with Crippen LogP contribution in [0.15, 0.2) is 0 Å². The summed E-state index contributed by atoms with van der Waals surface area (Å²) in [6.07, 6.45) is 0.436. The van der Waals surface area contributed by atoms with Gasteiger partial charge < -0.3 is 11.5 Å². The van der Waals surface area contributed by atoms with Crippen molar-refractivity contribution >= 4 is 5.91 Å². The summed E-state index contributed by atoms with van der Waals surface area (Å²) in [5, 5.41) is 4.25. The molecule has 6 nitrogen and oxygen atoms in total. The zero-order valence-electron chi connectivity index (χ0n) is 10.2. The molecule has 90 valence electrons. The Balaban J connectivity index is 2.84. The average Bonchev–Trinajstić information content (AvgIpc) is 2.44. The number of carbonyl (C=O) groups is 1. The fourth-order valence-corrected chi connectivity index (χ4v) is 1.75. The van der Waals surface area contributed by atoms with Crippen LogP contribution in [0.3, 0.4) is 0 Å². The molecule has 1 heterocycles. The lowest BCUT2D eigenvalue weighted by Crippen LogP contribution is -2.50. The van der Waals surface area contributed by atoms with Gasteiger partial charge in [0.2, 0.25) is 5.91 Å². The van der Waals surface area contributed by atoms with Gasteiger partial charge in [0.1, 0.15) is 11.6 Å². The minimum atomic E-state index is -1.02. The molecule has 0 radical (unpaired) electrons. The number of nitrogens with two attached hydrogens (primary N) is 2. The van der Waals surface area contributed by atoms with Crippen molar-refractivity contribution in [2.75, 3.05) is 0 Å². The SMILES string of the molecule is Cc1nc(C)n(C(C)CC(C)(N)C(N)=O)n1. The molecule has 1 amide bonds. The molecule has 1 aromatic heterocycles. The van der Waals surface area contributed by atoms with Gasteiger partial charge in [-0.2, -0.15) is 5.10 Å². The topological polar surface area (TPSA) is 99.8 Å². The van der Waals surface area contributed by atoms with E-state index in [-0.39, 0.29) is 6.04 Å². The van der Waals surface area contributed by atoms with Gasteiger partial charge in [0.05, 0.1) is 11.6 Å². The zero-order chi connectivity index (χ0) is 12.5. The second-order valence-corrected chi connectivity index (χ2v) is 4.49. The second kappa shape index (κ2) is 4.21. The number of carbonyl (C=O) groups excluding carboxylic acids is 1. The minimum Gasteiger partial charge on any atom is -0.368 e. The van der Waals surface area contributed by atoms with Crippen LogP contribution in [-0.4, -0.2) is 26.2 Å². The largest absolute Gasteiger partial charge is 0.368 e. The summed E-state index contributed by atoms with van der Waals surface area (Å²) in [7, 11) is 0. The Hall–Kier alpha value is -1.43. The van der Waals surface area contributed by atoms with Crippen LogP contribution in [-0.2, 0) is 4.79 Å².